The van der Waals surface area contributed by atoms with E-state index in [1.807, 2.05) is 31.3 Å². The average molecular weight is 348 g/mol. The maximum atomic E-state index is 12.5. The van der Waals surface area contributed by atoms with Crippen LogP contribution in [-0.4, -0.2) is 20.7 Å². The van der Waals surface area contributed by atoms with E-state index in [0.29, 0.717) is 19.4 Å². The number of hydrogen-bond acceptors (Lipinski definition) is 3. The summed E-state index contributed by atoms with van der Waals surface area (Å²) < 4.78 is 1.80. The van der Waals surface area contributed by atoms with Crippen LogP contribution < -0.4 is 5.32 Å². The predicted octanol–water partition coefficient (Wildman–Crippen LogP) is 3.39. The molecule has 1 unspecified atom stereocenters. The zero-order valence-corrected chi connectivity index (χ0v) is 15.2. The summed E-state index contributed by atoms with van der Waals surface area (Å²) in [6.45, 7) is 4.63. The number of aromatic nitrogens is 3. The lowest BCUT2D eigenvalue weighted by Crippen LogP contribution is -2.31. The van der Waals surface area contributed by atoms with Gasteiger partial charge in [-0.2, -0.15) is 5.10 Å². The van der Waals surface area contributed by atoms with Crippen molar-refractivity contribution in [3.63, 3.8) is 0 Å². The van der Waals surface area contributed by atoms with Gasteiger partial charge in [-0.05, 0) is 43.5 Å². The zero-order valence-electron chi connectivity index (χ0n) is 15.2. The summed E-state index contributed by atoms with van der Waals surface area (Å²) in [5.41, 5.74) is 4.36. The molecule has 1 N–H and O–H groups in total. The number of carbonyl (C=O) groups excluding carboxylic acids is 1. The Labute approximate surface area is 154 Å². The van der Waals surface area contributed by atoms with Gasteiger partial charge >= 0.3 is 0 Å². The van der Waals surface area contributed by atoms with Crippen molar-refractivity contribution in [1.29, 1.82) is 0 Å². The number of pyridine rings is 1. The fraction of sp³-hybridized carbons (Fsp3) is 0.286. The maximum absolute atomic E-state index is 12.5. The van der Waals surface area contributed by atoms with Gasteiger partial charge in [-0.1, -0.05) is 35.9 Å². The molecule has 2 heterocycles. The van der Waals surface area contributed by atoms with Crippen LogP contribution in [0.25, 0.3) is 0 Å². The van der Waals surface area contributed by atoms with Gasteiger partial charge in [0, 0.05) is 25.4 Å². The molecule has 134 valence electrons. The molecule has 26 heavy (non-hydrogen) atoms. The summed E-state index contributed by atoms with van der Waals surface area (Å²) in [6, 6.07) is 14.0. The normalized spacial score (nSPS) is 11.9. The fourth-order valence-corrected chi connectivity index (χ4v) is 2.84. The van der Waals surface area contributed by atoms with Crippen molar-refractivity contribution < 1.29 is 4.79 Å². The van der Waals surface area contributed by atoms with Crippen molar-refractivity contribution >= 4 is 5.91 Å². The Bertz CT molecular complexity index is 840. The van der Waals surface area contributed by atoms with Crippen LogP contribution >= 0.6 is 0 Å². The van der Waals surface area contributed by atoms with Crippen molar-refractivity contribution in [3.8, 4) is 0 Å². The minimum atomic E-state index is -0.147. The van der Waals surface area contributed by atoms with Gasteiger partial charge in [-0.15, -0.1) is 0 Å². The third-order valence-corrected chi connectivity index (χ3v) is 4.27. The Kier molecular flexibility index (Phi) is 5.79. The summed E-state index contributed by atoms with van der Waals surface area (Å²) in [7, 11) is 0. The summed E-state index contributed by atoms with van der Waals surface area (Å²) in [5.74, 6) is 0.000850. The van der Waals surface area contributed by atoms with Crippen LogP contribution in [0.2, 0.25) is 0 Å². The number of amides is 1. The largest absolute Gasteiger partial charge is 0.347 e. The Hall–Kier alpha value is -2.95. The highest BCUT2D eigenvalue weighted by atomic mass is 16.1. The SMILES string of the molecule is Cc1ccc(CC(NC(=O)CCn2cc(C)cn2)c2ccccn2)cc1. The highest BCUT2D eigenvalue weighted by molar-refractivity contribution is 5.76. The van der Waals surface area contributed by atoms with Crippen LogP contribution in [0.15, 0.2) is 61.1 Å². The summed E-state index contributed by atoms with van der Waals surface area (Å²) in [4.78, 5) is 16.9. The van der Waals surface area contributed by atoms with E-state index < -0.39 is 0 Å². The van der Waals surface area contributed by atoms with E-state index in [1.165, 1.54) is 11.1 Å². The molecule has 3 rings (SSSR count). The van der Waals surface area contributed by atoms with Gasteiger partial charge in [-0.25, -0.2) is 0 Å². The molecule has 5 nitrogen and oxygen atoms in total. The Morgan fingerprint density at radius 1 is 1.12 bits per heavy atom. The Morgan fingerprint density at radius 3 is 2.58 bits per heavy atom. The topological polar surface area (TPSA) is 59.8 Å². The molecule has 1 aromatic carbocycles. The molecule has 0 aliphatic heterocycles. The minimum Gasteiger partial charge on any atom is -0.347 e. The lowest BCUT2D eigenvalue weighted by molar-refractivity contribution is -0.122. The van der Waals surface area contributed by atoms with E-state index in [0.717, 1.165) is 11.3 Å². The first kappa shape index (κ1) is 17.9. The standard InChI is InChI=1S/C21H24N4O/c1-16-6-8-18(9-7-16)13-20(19-5-3-4-11-22-19)24-21(26)10-12-25-15-17(2)14-23-25/h3-9,11,14-15,20H,10,12-13H2,1-2H3,(H,24,26). The Morgan fingerprint density at radius 2 is 1.92 bits per heavy atom. The van der Waals surface area contributed by atoms with Crippen molar-refractivity contribution in [2.45, 2.75) is 39.3 Å². The molecular formula is C21H24N4O. The van der Waals surface area contributed by atoms with Gasteiger partial charge in [0.15, 0.2) is 0 Å². The van der Waals surface area contributed by atoms with E-state index in [2.05, 4.69) is 46.6 Å². The summed E-state index contributed by atoms with van der Waals surface area (Å²) in [5, 5.41) is 7.36. The molecule has 0 saturated carbocycles. The van der Waals surface area contributed by atoms with E-state index in [4.69, 9.17) is 0 Å². The van der Waals surface area contributed by atoms with Crippen LogP contribution in [-0.2, 0) is 17.8 Å². The van der Waals surface area contributed by atoms with Gasteiger partial charge < -0.3 is 5.32 Å². The molecule has 0 radical (unpaired) electrons. The van der Waals surface area contributed by atoms with E-state index >= 15 is 0 Å². The highest BCUT2D eigenvalue weighted by Gasteiger charge is 2.16. The molecule has 5 heteroatoms. The van der Waals surface area contributed by atoms with Gasteiger partial charge in [0.2, 0.25) is 5.91 Å². The zero-order chi connectivity index (χ0) is 18.4. The van der Waals surface area contributed by atoms with Crippen molar-refractivity contribution in [2.24, 2.45) is 0 Å². The van der Waals surface area contributed by atoms with E-state index in [1.54, 1.807) is 17.1 Å². The smallest absolute Gasteiger partial charge is 0.222 e. The second kappa shape index (κ2) is 8.43. The van der Waals surface area contributed by atoms with Crippen molar-refractivity contribution in [3.05, 3.63) is 83.4 Å². The molecule has 0 saturated heterocycles. The lowest BCUT2D eigenvalue weighted by Gasteiger charge is -2.19. The van der Waals surface area contributed by atoms with Gasteiger partial charge in [0.25, 0.3) is 0 Å². The number of hydrogen-bond donors (Lipinski definition) is 1. The summed E-state index contributed by atoms with van der Waals surface area (Å²) >= 11 is 0. The molecule has 0 aliphatic rings. The van der Waals surface area contributed by atoms with Gasteiger partial charge in [-0.3, -0.25) is 14.5 Å². The van der Waals surface area contributed by atoms with Crippen LogP contribution in [0.5, 0.6) is 0 Å². The van der Waals surface area contributed by atoms with Crippen molar-refractivity contribution in [1.82, 2.24) is 20.1 Å². The van der Waals surface area contributed by atoms with Crippen molar-refractivity contribution in [2.75, 3.05) is 0 Å². The number of benzene rings is 1. The van der Waals surface area contributed by atoms with Crippen LogP contribution in [0, 0.1) is 13.8 Å². The maximum Gasteiger partial charge on any atom is 0.222 e. The first-order valence-electron chi connectivity index (χ1n) is 8.85. The third kappa shape index (κ3) is 5.02. The molecule has 0 spiro atoms. The predicted molar refractivity (Wildman–Crippen MR) is 102 cm³/mol. The minimum absolute atomic E-state index is 0.000850. The Balaban J connectivity index is 1.66. The lowest BCUT2D eigenvalue weighted by atomic mass is 10.0. The first-order valence-corrected chi connectivity index (χ1v) is 8.85. The van der Waals surface area contributed by atoms with Gasteiger partial charge in [0.05, 0.1) is 17.9 Å². The van der Waals surface area contributed by atoms with Gasteiger partial charge in [0.1, 0.15) is 0 Å². The van der Waals surface area contributed by atoms with Crippen LogP contribution in [0.4, 0.5) is 0 Å². The molecule has 1 amide bonds. The third-order valence-electron chi connectivity index (χ3n) is 4.27. The van der Waals surface area contributed by atoms with E-state index in [9.17, 15) is 4.79 Å². The second-order valence-electron chi connectivity index (χ2n) is 6.60. The molecule has 0 aliphatic carbocycles. The second-order valence-corrected chi connectivity index (χ2v) is 6.60. The molecule has 0 bridgehead atoms. The first-order chi connectivity index (χ1) is 12.6. The molecular weight excluding hydrogens is 324 g/mol. The molecule has 2 aromatic heterocycles. The number of nitrogens with zero attached hydrogens (tertiary/aromatic N) is 3. The fourth-order valence-electron chi connectivity index (χ4n) is 2.84. The molecule has 3 aromatic rings. The molecule has 0 fully saturated rings. The average Bonchev–Trinajstić information content (AvgIpc) is 3.07. The number of carbonyl (C=O) groups is 1. The number of nitrogens with one attached hydrogen (secondary N) is 1. The summed E-state index contributed by atoms with van der Waals surface area (Å²) in [6.07, 6.45) is 6.60. The molecule has 1 atom stereocenters. The van der Waals surface area contributed by atoms with E-state index in [-0.39, 0.29) is 11.9 Å². The quantitative estimate of drug-likeness (QED) is 0.712. The monoisotopic (exact) mass is 348 g/mol. The van der Waals surface area contributed by atoms with Crippen LogP contribution in [0.1, 0.15) is 34.8 Å². The number of rotatable bonds is 7. The number of aryl methyl sites for hydroxylation is 3. The van der Waals surface area contributed by atoms with Crippen LogP contribution in [0.3, 0.4) is 0 Å². The highest BCUT2D eigenvalue weighted by Crippen LogP contribution is 2.17.